The lowest BCUT2D eigenvalue weighted by atomic mass is 10.0. The number of hydrogen-bond donors (Lipinski definition) is 2. The highest BCUT2D eigenvalue weighted by Gasteiger charge is 2.53. The number of aromatic amines is 1. The molecule has 1 saturated heterocycles. The van der Waals surface area contributed by atoms with E-state index in [9.17, 15) is 19.5 Å². The minimum Gasteiger partial charge on any atom is -0.543 e. The number of oxime groups is 1. The minimum absolute atomic E-state index is 0.0856. The molecule has 2 aliphatic heterocycles. The van der Waals surface area contributed by atoms with Crippen molar-refractivity contribution in [2.75, 3.05) is 12.9 Å². The van der Waals surface area contributed by atoms with Gasteiger partial charge in [0.15, 0.2) is 24.7 Å². The number of carboxylic acids is 1. The predicted octanol–water partition coefficient (Wildman–Crippen LogP) is -2.45. The largest absolute Gasteiger partial charge is 0.543 e. The topological polar surface area (TPSA) is 157 Å². The molecule has 1 fully saturated rings. The molecule has 4 heterocycles. The van der Waals surface area contributed by atoms with E-state index in [1.165, 1.54) is 31.1 Å². The lowest BCUT2D eigenvalue weighted by Gasteiger charge is -2.50. The van der Waals surface area contributed by atoms with Crippen LogP contribution < -0.4 is 15.0 Å². The van der Waals surface area contributed by atoms with Gasteiger partial charge in [0.05, 0.1) is 29.8 Å². The van der Waals surface area contributed by atoms with E-state index in [4.69, 9.17) is 4.84 Å². The fraction of sp³-hybridized carbons (Fsp3) is 0.278. The van der Waals surface area contributed by atoms with E-state index in [1.54, 1.807) is 29.4 Å². The Hall–Kier alpha value is -3.74. The van der Waals surface area contributed by atoms with Gasteiger partial charge in [0.25, 0.3) is 11.8 Å². The number of thioether (sulfide) groups is 1. The van der Waals surface area contributed by atoms with Crippen molar-refractivity contribution in [3.8, 4) is 0 Å². The van der Waals surface area contributed by atoms with Crippen LogP contribution in [-0.4, -0.2) is 67.9 Å². The number of fused-ring (bicyclic) bond motifs is 1. The molecule has 2 N–H and O–H groups in total. The normalized spacial score (nSPS) is 20.7. The first-order valence-electron chi connectivity index (χ1n) is 9.10. The van der Waals surface area contributed by atoms with E-state index in [0.717, 1.165) is 4.90 Å². The molecule has 2 amide bonds. The molecule has 2 aliphatic rings. The molecule has 0 bridgehead atoms. The second-order valence-electron chi connectivity index (χ2n) is 6.61. The molecule has 13 heteroatoms. The van der Waals surface area contributed by atoms with Crippen LogP contribution in [0, 0.1) is 0 Å². The fourth-order valence-corrected chi connectivity index (χ4v) is 4.70. The minimum atomic E-state index is -1.44. The zero-order valence-corrected chi connectivity index (χ0v) is 17.0. The first kappa shape index (κ1) is 20.5. The second-order valence-corrected chi connectivity index (χ2v) is 7.72. The monoisotopic (exact) mass is 443 g/mol. The molecule has 2 atom stereocenters. The number of H-pyrrole nitrogens is 1. The average Bonchev–Trinajstić information content (AvgIpc) is 3.30. The summed E-state index contributed by atoms with van der Waals surface area (Å²) in [5.74, 6) is -2.27. The Balaban J connectivity index is 1.53. The van der Waals surface area contributed by atoms with Crippen LogP contribution in [0.15, 0.2) is 53.5 Å². The van der Waals surface area contributed by atoms with E-state index in [0.29, 0.717) is 17.0 Å². The smallest absolute Gasteiger partial charge is 0.276 e. The lowest BCUT2D eigenvalue weighted by molar-refractivity contribution is -0.689. The van der Waals surface area contributed by atoms with Crippen LogP contribution >= 0.6 is 11.8 Å². The molecule has 31 heavy (non-hydrogen) atoms. The van der Waals surface area contributed by atoms with Crippen LogP contribution in [0.3, 0.4) is 0 Å². The molecule has 2 aromatic heterocycles. The van der Waals surface area contributed by atoms with Gasteiger partial charge in [0, 0.05) is 17.5 Å². The van der Waals surface area contributed by atoms with Crippen molar-refractivity contribution >= 4 is 35.3 Å². The van der Waals surface area contributed by atoms with Gasteiger partial charge in [0.1, 0.15) is 18.5 Å². The van der Waals surface area contributed by atoms with E-state index in [1.807, 2.05) is 0 Å². The third-order valence-electron chi connectivity index (χ3n) is 4.74. The number of carbonyl (C=O) groups is 3. The Kier molecular flexibility index (Phi) is 5.66. The summed E-state index contributed by atoms with van der Waals surface area (Å²) in [6.07, 6.45) is 8.00. The number of nitrogens with one attached hydrogen (secondary N) is 2. The van der Waals surface area contributed by atoms with Crippen molar-refractivity contribution in [1.29, 1.82) is 0 Å². The highest BCUT2D eigenvalue weighted by Crippen LogP contribution is 2.40. The van der Waals surface area contributed by atoms with Crippen molar-refractivity contribution in [3.63, 3.8) is 0 Å². The number of amides is 2. The SMILES string of the molecule is CON=C(C(=O)NC1C(=O)N2C(C(=O)[O-])=C(C[n+]3ccncc3)CS[C@@H]12)c1ccn[nH]1. The van der Waals surface area contributed by atoms with Crippen LogP contribution in [0.5, 0.6) is 0 Å². The van der Waals surface area contributed by atoms with E-state index < -0.39 is 29.2 Å². The first-order valence-corrected chi connectivity index (χ1v) is 10.1. The van der Waals surface area contributed by atoms with Crippen molar-refractivity contribution in [3.05, 3.63) is 54.0 Å². The van der Waals surface area contributed by atoms with E-state index in [2.05, 4.69) is 25.7 Å². The number of nitrogens with zero attached hydrogens (tertiary/aromatic N) is 5. The van der Waals surface area contributed by atoms with Gasteiger partial charge in [-0.2, -0.15) is 9.67 Å². The van der Waals surface area contributed by atoms with Gasteiger partial charge in [0.2, 0.25) is 0 Å². The van der Waals surface area contributed by atoms with Crippen LogP contribution in [0.4, 0.5) is 0 Å². The quantitative estimate of drug-likeness (QED) is 0.207. The van der Waals surface area contributed by atoms with E-state index >= 15 is 0 Å². The Bertz CT molecular complexity index is 1070. The van der Waals surface area contributed by atoms with Gasteiger partial charge in [-0.1, -0.05) is 5.16 Å². The van der Waals surface area contributed by atoms with Crippen LogP contribution in [-0.2, 0) is 25.8 Å². The first-order chi connectivity index (χ1) is 15.0. The molecular formula is C18H17N7O5S. The van der Waals surface area contributed by atoms with Gasteiger partial charge in [-0.3, -0.25) is 24.6 Å². The molecule has 2 aromatic rings. The van der Waals surface area contributed by atoms with Crippen LogP contribution in [0.2, 0.25) is 0 Å². The number of aromatic nitrogens is 4. The third-order valence-corrected chi connectivity index (χ3v) is 6.08. The summed E-state index contributed by atoms with van der Waals surface area (Å²) in [7, 11) is 1.29. The Morgan fingerprint density at radius 1 is 1.42 bits per heavy atom. The van der Waals surface area contributed by atoms with Crippen molar-refractivity contribution < 1.29 is 28.9 Å². The Morgan fingerprint density at radius 2 is 2.19 bits per heavy atom. The fourth-order valence-electron chi connectivity index (χ4n) is 3.37. The number of hydrogen-bond acceptors (Lipinski definition) is 9. The lowest BCUT2D eigenvalue weighted by Crippen LogP contribution is -2.71. The van der Waals surface area contributed by atoms with E-state index in [-0.39, 0.29) is 18.0 Å². The number of carboxylic acid groups (broad SMARTS) is 1. The van der Waals surface area contributed by atoms with Gasteiger partial charge in [-0.05, 0) is 6.07 Å². The van der Waals surface area contributed by atoms with Crippen molar-refractivity contribution in [2.24, 2.45) is 5.16 Å². The summed E-state index contributed by atoms with van der Waals surface area (Å²) in [6.45, 7) is 0.275. The Morgan fingerprint density at radius 3 is 2.84 bits per heavy atom. The standard InChI is InChI=1S/C18H17N7O5S/c1-30-23-12(11-2-3-20-22-11)15(26)21-13-16(27)25-14(18(28)29)10(9-31-17(13)25)8-24-6-4-19-5-7-24/h2-7,13,17H,8-9H2,1H3,(H2-,20,21,22,23,26,28,29)/t13?,17-/m0/s1. The maximum Gasteiger partial charge on any atom is 0.276 e. The summed E-state index contributed by atoms with van der Waals surface area (Å²) in [4.78, 5) is 47.1. The number of aliphatic carboxylic acids is 1. The molecular weight excluding hydrogens is 426 g/mol. The number of β-lactam (4-membered cyclic amide) rings is 1. The van der Waals surface area contributed by atoms with Crippen LogP contribution in [0.1, 0.15) is 5.69 Å². The van der Waals surface area contributed by atoms with Crippen molar-refractivity contribution in [2.45, 2.75) is 18.0 Å². The second kappa shape index (κ2) is 8.55. The summed E-state index contributed by atoms with van der Waals surface area (Å²) in [6, 6.07) is 0.619. The summed E-state index contributed by atoms with van der Waals surface area (Å²) in [5, 5.41) is 23.9. The zero-order chi connectivity index (χ0) is 22.0. The van der Waals surface area contributed by atoms with Gasteiger partial charge in [-0.15, -0.1) is 11.8 Å². The molecule has 160 valence electrons. The van der Waals surface area contributed by atoms with Gasteiger partial charge >= 0.3 is 0 Å². The van der Waals surface area contributed by atoms with Gasteiger partial charge < -0.3 is 20.1 Å². The number of carbonyl (C=O) groups excluding carboxylic acids is 3. The summed E-state index contributed by atoms with van der Waals surface area (Å²) < 4.78 is 1.76. The van der Waals surface area contributed by atoms with Crippen LogP contribution in [0.25, 0.3) is 0 Å². The molecule has 0 spiro atoms. The molecule has 12 nitrogen and oxygen atoms in total. The summed E-state index contributed by atoms with van der Waals surface area (Å²) in [5.41, 5.74) is 0.598. The predicted molar refractivity (Wildman–Crippen MR) is 104 cm³/mol. The maximum absolute atomic E-state index is 12.8. The number of rotatable bonds is 7. The molecule has 4 rings (SSSR count). The average molecular weight is 443 g/mol. The molecule has 0 aromatic carbocycles. The van der Waals surface area contributed by atoms with Gasteiger partial charge in [-0.25, -0.2) is 0 Å². The molecule has 0 radical (unpaired) electrons. The van der Waals surface area contributed by atoms with Crippen molar-refractivity contribution in [1.82, 2.24) is 25.4 Å². The molecule has 0 aliphatic carbocycles. The summed E-state index contributed by atoms with van der Waals surface area (Å²) >= 11 is 1.36. The third kappa shape index (κ3) is 3.86. The molecule has 1 unspecified atom stereocenters. The molecule has 0 saturated carbocycles. The highest BCUT2D eigenvalue weighted by molar-refractivity contribution is 8.00. The maximum atomic E-state index is 12.8. The Labute approximate surface area is 180 Å². The highest BCUT2D eigenvalue weighted by atomic mass is 32.2. The zero-order valence-electron chi connectivity index (χ0n) is 16.2.